The van der Waals surface area contributed by atoms with Gasteiger partial charge in [-0.15, -0.1) is 10.2 Å². The van der Waals surface area contributed by atoms with Gasteiger partial charge in [0.1, 0.15) is 0 Å². The van der Waals surface area contributed by atoms with Crippen molar-refractivity contribution < 1.29 is 14.3 Å². The second kappa shape index (κ2) is 7.39. The number of hydrogen-bond donors (Lipinski definition) is 2. The molecule has 2 amide bonds. The molecule has 0 aromatic carbocycles. The molecule has 0 atom stereocenters. The molecular weight excluding hydrogens is 312 g/mol. The van der Waals surface area contributed by atoms with Crippen LogP contribution >= 0.6 is 23.1 Å². The van der Waals surface area contributed by atoms with Crippen molar-refractivity contribution in [1.82, 2.24) is 15.5 Å². The Kier molecular flexibility index (Phi) is 5.80. The molecule has 9 heteroatoms. The van der Waals surface area contributed by atoms with Gasteiger partial charge < -0.3 is 14.8 Å². The number of thioether (sulfide) groups is 1. The summed E-state index contributed by atoms with van der Waals surface area (Å²) in [6.07, 6.45) is 0.720. The zero-order chi connectivity index (χ0) is 15.3. The van der Waals surface area contributed by atoms with Crippen molar-refractivity contribution in [3.63, 3.8) is 0 Å². The Balaban J connectivity index is 1.71. The second-order valence-corrected chi connectivity index (χ2v) is 7.83. The molecule has 1 aliphatic heterocycles. The van der Waals surface area contributed by atoms with Gasteiger partial charge in [0, 0.05) is 17.7 Å². The summed E-state index contributed by atoms with van der Waals surface area (Å²) < 4.78 is 11.5. The third-order valence-electron chi connectivity index (χ3n) is 2.39. The van der Waals surface area contributed by atoms with E-state index in [1.807, 2.05) is 20.8 Å². The molecule has 0 aliphatic carbocycles. The van der Waals surface area contributed by atoms with Crippen LogP contribution in [0.5, 0.6) is 0 Å². The fourth-order valence-corrected chi connectivity index (χ4v) is 3.38. The molecule has 2 N–H and O–H groups in total. The maximum absolute atomic E-state index is 11.7. The van der Waals surface area contributed by atoms with Gasteiger partial charge in [0.05, 0.1) is 13.2 Å². The summed E-state index contributed by atoms with van der Waals surface area (Å²) in [4.78, 5) is 11.7. The summed E-state index contributed by atoms with van der Waals surface area (Å²) in [5, 5.41) is 14.0. The quantitative estimate of drug-likeness (QED) is 0.636. The van der Waals surface area contributed by atoms with Crippen LogP contribution in [0.3, 0.4) is 0 Å². The number of aromatic nitrogens is 2. The minimum atomic E-state index is -0.284. The molecule has 21 heavy (non-hydrogen) atoms. The van der Waals surface area contributed by atoms with E-state index in [-0.39, 0.29) is 17.9 Å². The maximum Gasteiger partial charge on any atom is 0.321 e. The molecule has 118 valence electrons. The van der Waals surface area contributed by atoms with Gasteiger partial charge in [0.25, 0.3) is 0 Å². The lowest BCUT2D eigenvalue weighted by Gasteiger charge is -2.19. The second-order valence-electron chi connectivity index (χ2n) is 5.51. The average Bonchev–Trinajstić information content (AvgIpc) is 2.98. The van der Waals surface area contributed by atoms with Gasteiger partial charge in [0.2, 0.25) is 5.13 Å². The molecule has 0 radical (unpaired) electrons. The Morgan fingerprint density at radius 1 is 1.38 bits per heavy atom. The molecule has 1 aliphatic rings. The van der Waals surface area contributed by atoms with Crippen LogP contribution in [-0.4, -0.2) is 47.0 Å². The molecule has 7 nitrogen and oxygen atoms in total. The van der Waals surface area contributed by atoms with Gasteiger partial charge in [-0.2, -0.15) is 0 Å². The lowest BCUT2D eigenvalue weighted by molar-refractivity contribution is -0.0421. The van der Waals surface area contributed by atoms with Crippen molar-refractivity contribution in [2.45, 2.75) is 43.4 Å². The SMILES string of the molecule is CC(C)(C)NC(=O)Nc1nnc(SCCC2OCCO2)s1. The molecular formula is C12H20N4O3S2. The number of nitrogens with one attached hydrogen (secondary N) is 2. The average molecular weight is 332 g/mol. The largest absolute Gasteiger partial charge is 0.350 e. The first-order chi connectivity index (χ1) is 9.92. The maximum atomic E-state index is 11.7. The molecule has 1 saturated heterocycles. The van der Waals surface area contributed by atoms with Crippen LogP contribution in [0.2, 0.25) is 0 Å². The van der Waals surface area contributed by atoms with E-state index in [2.05, 4.69) is 20.8 Å². The Bertz CT molecular complexity index is 469. The van der Waals surface area contributed by atoms with E-state index in [0.717, 1.165) is 16.5 Å². The van der Waals surface area contributed by atoms with Crippen molar-refractivity contribution in [3.8, 4) is 0 Å². The molecule has 0 saturated carbocycles. The van der Waals surface area contributed by atoms with Crippen molar-refractivity contribution in [2.75, 3.05) is 24.3 Å². The van der Waals surface area contributed by atoms with E-state index in [0.29, 0.717) is 18.3 Å². The monoisotopic (exact) mass is 332 g/mol. The lowest BCUT2D eigenvalue weighted by atomic mass is 10.1. The fraction of sp³-hybridized carbons (Fsp3) is 0.750. The number of ether oxygens (including phenoxy) is 2. The predicted octanol–water partition coefficient (Wildman–Crippen LogP) is 2.31. The minimum Gasteiger partial charge on any atom is -0.350 e. The highest BCUT2D eigenvalue weighted by molar-refractivity contribution is 8.01. The van der Waals surface area contributed by atoms with Crippen molar-refractivity contribution in [2.24, 2.45) is 0 Å². The van der Waals surface area contributed by atoms with Crippen LogP contribution in [-0.2, 0) is 9.47 Å². The van der Waals surface area contributed by atoms with Crippen molar-refractivity contribution >= 4 is 34.3 Å². The highest BCUT2D eigenvalue weighted by Gasteiger charge is 2.17. The molecule has 1 aromatic heterocycles. The van der Waals surface area contributed by atoms with E-state index < -0.39 is 0 Å². The van der Waals surface area contributed by atoms with Crippen molar-refractivity contribution in [1.29, 1.82) is 0 Å². The number of carbonyl (C=O) groups excluding carboxylic acids is 1. The number of rotatable bonds is 5. The standard InChI is InChI=1S/C12H20N4O3S2/c1-12(2,3)14-9(17)13-10-15-16-11(21-10)20-7-4-8-18-5-6-19-8/h8H,4-7H2,1-3H3,(H2,13,14,15,17). The summed E-state index contributed by atoms with van der Waals surface area (Å²) in [7, 11) is 0. The van der Waals surface area contributed by atoms with Gasteiger partial charge in [-0.25, -0.2) is 4.79 Å². The van der Waals surface area contributed by atoms with E-state index in [4.69, 9.17) is 9.47 Å². The van der Waals surface area contributed by atoms with Gasteiger partial charge >= 0.3 is 6.03 Å². The van der Waals surface area contributed by atoms with E-state index in [1.165, 1.54) is 11.3 Å². The number of nitrogens with zero attached hydrogens (tertiary/aromatic N) is 2. The zero-order valence-corrected chi connectivity index (χ0v) is 14.0. The zero-order valence-electron chi connectivity index (χ0n) is 12.3. The number of amides is 2. The minimum absolute atomic E-state index is 0.0967. The van der Waals surface area contributed by atoms with Gasteiger partial charge in [-0.05, 0) is 20.8 Å². The van der Waals surface area contributed by atoms with Gasteiger partial charge in [0.15, 0.2) is 10.6 Å². The number of carbonyl (C=O) groups is 1. The molecule has 0 bridgehead atoms. The molecule has 2 heterocycles. The first kappa shape index (κ1) is 16.5. The van der Waals surface area contributed by atoms with Crippen LogP contribution in [0.25, 0.3) is 0 Å². The van der Waals surface area contributed by atoms with Crippen LogP contribution < -0.4 is 10.6 Å². The molecule has 0 spiro atoms. The summed E-state index contributed by atoms with van der Waals surface area (Å²) in [6, 6.07) is -0.275. The van der Waals surface area contributed by atoms with Gasteiger partial charge in [-0.1, -0.05) is 23.1 Å². The highest BCUT2D eigenvalue weighted by atomic mass is 32.2. The lowest BCUT2D eigenvalue weighted by Crippen LogP contribution is -2.43. The van der Waals surface area contributed by atoms with Crippen LogP contribution in [0.4, 0.5) is 9.93 Å². The topological polar surface area (TPSA) is 85.4 Å². The van der Waals surface area contributed by atoms with Crippen molar-refractivity contribution in [3.05, 3.63) is 0 Å². The van der Waals surface area contributed by atoms with Gasteiger partial charge in [-0.3, -0.25) is 5.32 Å². The number of hydrogen-bond acceptors (Lipinski definition) is 7. The third-order valence-corrected chi connectivity index (χ3v) is 4.39. The van der Waals surface area contributed by atoms with Crippen LogP contribution in [0, 0.1) is 0 Å². The summed E-state index contributed by atoms with van der Waals surface area (Å²) in [5.41, 5.74) is -0.284. The Hall–Kier alpha value is -0.900. The summed E-state index contributed by atoms with van der Waals surface area (Å²) >= 11 is 2.94. The Morgan fingerprint density at radius 2 is 2.10 bits per heavy atom. The van der Waals surface area contributed by atoms with Crippen LogP contribution in [0.15, 0.2) is 4.34 Å². The molecule has 1 aromatic rings. The highest BCUT2D eigenvalue weighted by Crippen LogP contribution is 2.26. The predicted molar refractivity (Wildman–Crippen MR) is 82.8 cm³/mol. The normalized spacial score (nSPS) is 16.1. The fourth-order valence-electron chi connectivity index (χ4n) is 1.60. The molecule has 0 unspecified atom stereocenters. The van der Waals surface area contributed by atoms with E-state index in [1.54, 1.807) is 11.8 Å². The summed E-state index contributed by atoms with van der Waals surface area (Å²) in [5.74, 6) is 0.841. The first-order valence-corrected chi connectivity index (χ1v) is 8.51. The smallest absolute Gasteiger partial charge is 0.321 e. The first-order valence-electron chi connectivity index (χ1n) is 6.71. The summed E-state index contributed by atoms with van der Waals surface area (Å²) in [6.45, 7) is 7.10. The Labute approximate surface area is 132 Å². The Morgan fingerprint density at radius 3 is 2.76 bits per heavy atom. The van der Waals surface area contributed by atoms with Crippen LogP contribution in [0.1, 0.15) is 27.2 Å². The number of urea groups is 1. The number of anilines is 1. The van der Waals surface area contributed by atoms with E-state index >= 15 is 0 Å². The molecule has 1 fully saturated rings. The third kappa shape index (κ3) is 6.16. The van der Waals surface area contributed by atoms with E-state index in [9.17, 15) is 4.79 Å². The molecule has 2 rings (SSSR count).